The van der Waals surface area contributed by atoms with Crippen molar-refractivity contribution in [2.24, 2.45) is 0 Å². The summed E-state index contributed by atoms with van der Waals surface area (Å²) in [6.45, 7) is 14.4. The predicted molar refractivity (Wildman–Crippen MR) is 100 cm³/mol. The Balaban J connectivity index is 0.00000100. The Morgan fingerprint density at radius 1 is 0.792 bits per heavy atom. The average molecular weight is 323 g/mol. The third-order valence-corrected chi connectivity index (χ3v) is 4.74. The summed E-state index contributed by atoms with van der Waals surface area (Å²) in [5.41, 5.74) is 7.16. The average Bonchev–Trinajstić information content (AvgIpc) is 2.62. The Hall–Kier alpha value is -2.49. The van der Waals surface area contributed by atoms with E-state index in [0.717, 1.165) is 16.8 Å². The second kappa shape index (κ2) is 6.95. The molecule has 0 bridgehead atoms. The van der Waals surface area contributed by atoms with Gasteiger partial charge in [0.25, 0.3) is 5.56 Å². The summed E-state index contributed by atoms with van der Waals surface area (Å²) in [6.07, 6.45) is 0. The molecule has 3 rings (SSSR count). The minimum atomic E-state index is -0.126. The standard InChI is InChI=1S/C18H19N3O.C2H6/c1-10-11(2)13(4)17(14(5)12(10)3)21-18(22)15-8-6-7-9-16(15)19-20-21;1-2/h6-9H,1-5H3;1-2H3. The Labute approximate surface area is 143 Å². The van der Waals surface area contributed by atoms with Crippen LogP contribution in [0.15, 0.2) is 29.1 Å². The lowest BCUT2D eigenvalue weighted by molar-refractivity contribution is 0.728. The summed E-state index contributed by atoms with van der Waals surface area (Å²) in [7, 11) is 0. The van der Waals surface area contributed by atoms with Crippen molar-refractivity contribution in [1.29, 1.82) is 0 Å². The molecule has 0 amide bonds. The van der Waals surface area contributed by atoms with Gasteiger partial charge in [0.2, 0.25) is 0 Å². The molecule has 24 heavy (non-hydrogen) atoms. The fourth-order valence-corrected chi connectivity index (χ4v) is 2.93. The molecule has 0 aliphatic heterocycles. The first-order chi connectivity index (χ1) is 11.4. The largest absolute Gasteiger partial charge is 0.282 e. The van der Waals surface area contributed by atoms with E-state index in [0.29, 0.717) is 10.9 Å². The molecule has 2 aromatic carbocycles. The smallest absolute Gasteiger partial charge is 0.267 e. The van der Waals surface area contributed by atoms with Gasteiger partial charge in [-0.25, -0.2) is 0 Å². The van der Waals surface area contributed by atoms with Crippen molar-refractivity contribution in [2.45, 2.75) is 48.5 Å². The van der Waals surface area contributed by atoms with E-state index >= 15 is 0 Å². The van der Waals surface area contributed by atoms with Gasteiger partial charge in [-0.3, -0.25) is 4.79 Å². The number of hydrogen-bond acceptors (Lipinski definition) is 3. The molecule has 0 unspecified atom stereocenters. The molecule has 0 saturated carbocycles. The van der Waals surface area contributed by atoms with Gasteiger partial charge in [0.15, 0.2) is 0 Å². The molecule has 0 aliphatic rings. The molecule has 0 spiro atoms. The van der Waals surface area contributed by atoms with Gasteiger partial charge in [0, 0.05) is 0 Å². The molecule has 4 nitrogen and oxygen atoms in total. The van der Waals surface area contributed by atoms with E-state index in [9.17, 15) is 4.79 Å². The molecule has 4 heteroatoms. The van der Waals surface area contributed by atoms with Gasteiger partial charge in [0.1, 0.15) is 5.52 Å². The van der Waals surface area contributed by atoms with Gasteiger partial charge in [0.05, 0.1) is 11.1 Å². The highest BCUT2D eigenvalue weighted by Gasteiger charge is 2.17. The SMILES string of the molecule is CC.Cc1c(C)c(C)c(-n2nnc3ccccc3c2=O)c(C)c1C. The lowest BCUT2D eigenvalue weighted by atomic mass is 9.93. The minimum Gasteiger partial charge on any atom is -0.267 e. The van der Waals surface area contributed by atoms with Crippen LogP contribution in [0.25, 0.3) is 16.6 Å². The van der Waals surface area contributed by atoms with E-state index in [1.807, 2.05) is 39.8 Å². The lowest BCUT2D eigenvalue weighted by Gasteiger charge is -2.18. The van der Waals surface area contributed by atoms with Crippen molar-refractivity contribution in [3.8, 4) is 5.69 Å². The van der Waals surface area contributed by atoms with Crippen LogP contribution in [0, 0.1) is 34.6 Å². The zero-order valence-electron chi connectivity index (χ0n) is 15.6. The molecule has 1 aromatic heterocycles. The maximum atomic E-state index is 12.8. The van der Waals surface area contributed by atoms with Crippen LogP contribution in [0.5, 0.6) is 0 Å². The minimum absolute atomic E-state index is 0.126. The van der Waals surface area contributed by atoms with Crippen LogP contribution in [0.4, 0.5) is 0 Å². The van der Waals surface area contributed by atoms with Gasteiger partial charge in [-0.1, -0.05) is 31.2 Å². The fraction of sp³-hybridized carbons (Fsp3) is 0.350. The summed E-state index contributed by atoms with van der Waals surface area (Å²) in [5, 5.41) is 8.95. The lowest BCUT2D eigenvalue weighted by Crippen LogP contribution is -2.25. The van der Waals surface area contributed by atoms with Crippen LogP contribution in [-0.2, 0) is 0 Å². The van der Waals surface area contributed by atoms with Crippen molar-refractivity contribution in [2.75, 3.05) is 0 Å². The number of benzene rings is 2. The molecule has 0 saturated heterocycles. The van der Waals surface area contributed by atoms with Crippen LogP contribution >= 0.6 is 0 Å². The summed E-state index contributed by atoms with van der Waals surface area (Å²) in [6, 6.07) is 7.30. The number of aromatic nitrogens is 3. The number of rotatable bonds is 1. The quantitative estimate of drug-likeness (QED) is 0.669. The van der Waals surface area contributed by atoms with E-state index in [4.69, 9.17) is 0 Å². The van der Waals surface area contributed by atoms with Crippen LogP contribution < -0.4 is 5.56 Å². The summed E-state index contributed by atoms with van der Waals surface area (Å²) >= 11 is 0. The van der Waals surface area contributed by atoms with Crippen LogP contribution in [-0.4, -0.2) is 15.0 Å². The first-order valence-electron chi connectivity index (χ1n) is 8.35. The Bertz CT molecular complexity index is 926. The molecule has 0 fully saturated rings. The van der Waals surface area contributed by atoms with Crippen molar-refractivity contribution in [3.05, 3.63) is 62.4 Å². The van der Waals surface area contributed by atoms with E-state index < -0.39 is 0 Å². The third kappa shape index (κ3) is 2.73. The van der Waals surface area contributed by atoms with Crippen molar-refractivity contribution < 1.29 is 0 Å². The predicted octanol–water partition coefficient (Wildman–Crippen LogP) is 4.35. The molecule has 0 aliphatic carbocycles. The Morgan fingerprint density at radius 3 is 1.88 bits per heavy atom. The topological polar surface area (TPSA) is 47.8 Å². The highest BCUT2D eigenvalue weighted by molar-refractivity contribution is 5.77. The number of hydrogen-bond donors (Lipinski definition) is 0. The summed E-state index contributed by atoms with van der Waals surface area (Å²) in [5.74, 6) is 0. The van der Waals surface area contributed by atoms with Gasteiger partial charge < -0.3 is 0 Å². The van der Waals surface area contributed by atoms with Gasteiger partial charge in [-0.15, -0.1) is 5.10 Å². The van der Waals surface area contributed by atoms with E-state index in [1.165, 1.54) is 21.4 Å². The highest BCUT2D eigenvalue weighted by Crippen LogP contribution is 2.27. The molecular weight excluding hydrogens is 298 g/mol. The van der Waals surface area contributed by atoms with Crippen LogP contribution in [0.2, 0.25) is 0 Å². The normalized spacial score (nSPS) is 10.5. The van der Waals surface area contributed by atoms with E-state index in [-0.39, 0.29) is 5.56 Å². The van der Waals surface area contributed by atoms with E-state index in [1.54, 1.807) is 12.1 Å². The third-order valence-electron chi connectivity index (χ3n) is 4.74. The van der Waals surface area contributed by atoms with Crippen LogP contribution in [0.1, 0.15) is 41.7 Å². The second-order valence-electron chi connectivity index (χ2n) is 5.80. The van der Waals surface area contributed by atoms with Gasteiger partial charge >= 0.3 is 0 Å². The van der Waals surface area contributed by atoms with Crippen LogP contribution in [0.3, 0.4) is 0 Å². The maximum Gasteiger partial charge on any atom is 0.282 e. The fourth-order valence-electron chi connectivity index (χ4n) is 2.93. The molecular formula is C20H25N3O. The molecule has 3 aromatic rings. The Morgan fingerprint density at radius 2 is 1.29 bits per heavy atom. The zero-order valence-corrected chi connectivity index (χ0v) is 15.6. The van der Waals surface area contributed by atoms with Crippen molar-refractivity contribution in [3.63, 3.8) is 0 Å². The van der Waals surface area contributed by atoms with Crippen molar-refractivity contribution in [1.82, 2.24) is 15.0 Å². The van der Waals surface area contributed by atoms with Gasteiger partial charge in [-0.2, -0.15) is 4.68 Å². The highest BCUT2D eigenvalue weighted by atomic mass is 16.1. The number of nitrogens with zero attached hydrogens (tertiary/aromatic N) is 3. The van der Waals surface area contributed by atoms with Gasteiger partial charge in [-0.05, 0) is 74.6 Å². The summed E-state index contributed by atoms with van der Waals surface area (Å²) in [4.78, 5) is 12.8. The second-order valence-corrected chi connectivity index (χ2v) is 5.80. The van der Waals surface area contributed by atoms with Crippen molar-refractivity contribution >= 4 is 10.9 Å². The van der Waals surface area contributed by atoms with E-state index in [2.05, 4.69) is 31.1 Å². The Kier molecular flexibility index (Phi) is 5.17. The molecule has 1 heterocycles. The molecule has 0 N–H and O–H groups in total. The molecule has 126 valence electrons. The first kappa shape index (κ1) is 17.9. The monoisotopic (exact) mass is 323 g/mol. The number of fused-ring (bicyclic) bond motifs is 1. The first-order valence-corrected chi connectivity index (χ1v) is 8.35. The zero-order chi connectivity index (χ0) is 18.0. The molecule has 0 radical (unpaired) electrons. The maximum absolute atomic E-state index is 12.8. The summed E-state index contributed by atoms with van der Waals surface area (Å²) < 4.78 is 1.44. The molecule has 0 atom stereocenters.